The van der Waals surface area contributed by atoms with E-state index in [4.69, 9.17) is 14.5 Å². The molecule has 0 spiro atoms. The number of guanidine groups is 1. The fourth-order valence-corrected chi connectivity index (χ4v) is 2.95. The molecule has 1 heterocycles. The number of aliphatic imine (C=N–C) groups is 1. The van der Waals surface area contributed by atoms with Crippen molar-refractivity contribution in [2.75, 3.05) is 66.6 Å². The van der Waals surface area contributed by atoms with Gasteiger partial charge in [-0.15, -0.1) is 0 Å². The van der Waals surface area contributed by atoms with Crippen molar-refractivity contribution in [1.29, 1.82) is 0 Å². The Hall–Kier alpha value is -1.99. The highest BCUT2D eigenvalue weighted by molar-refractivity contribution is 5.79. The molecule has 0 aliphatic carbocycles. The van der Waals surface area contributed by atoms with Crippen LogP contribution in [0.2, 0.25) is 0 Å². The lowest BCUT2D eigenvalue weighted by Gasteiger charge is -2.35. The van der Waals surface area contributed by atoms with Crippen LogP contribution in [-0.2, 0) is 0 Å². The van der Waals surface area contributed by atoms with Gasteiger partial charge in [0.05, 0.1) is 20.2 Å². The summed E-state index contributed by atoms with van der Waals surface area (Å²) in [4.78, 5) is 9.63. The van der Waals surface area contributed by atoms with Crippen molar-refractivity contribution in [3.05, 3.63) is 24.3 Å². The van der Waals surface area contributed by atoms with Crippen LogP contribution < -0.4 is 20.1 Å². The van der Waals surface area contributed by atoms with Gasteiger partial charge in [0, 0.05) is 38.8 Å². The third-order valence-electron chi connectivity index (χ3n) is 4.74. The number of rotatable bonds is 9. The second-order valence-corrected chi connectivity index (χ2v) is 6.86. The van der Waals surface area contributed by atoms with Gasteiger partial charge in [-0.2, -0.15) is 0 Å². The van der Waals surface area contributed by atoms with Crippen LogP contribution in [-0.4, -0.2) is 88.4 Å². The third-order valence-corrected chi connectivity index (χ3v) is 4.74. The van der Waals surface area contributed by atoms with Crippen molar-refractivity contribution >= 4 is 5.96 Å². The predicted molar refractivity (Wildman–Crippen MR) is 111 cm³/mol. The van der Waals surface area contributed by atoms with E-state index in [0.29, 0.717) is 19.2 Å². The minimum atomic E-state index is 0.449. The van der Waals surface area contributed by atoms with E-state index in [9.17, 15) is 0 Å². The van der Waals surface area contributed by atoms with Crippen molar-refractivity contribution < 1.29 is 9.47 Å². The molecule has 0 bridgehead atoms. The number of nitrogens with one attached hydrogen (secondary N) is 2. The Bertz CT molecular complexity index is 556. The Balaban J connectivity index is 1.72. The third kappa shape index (κ3) is 7.64. The quantitative estimate of drug-likeness (QED) is 0.384. The maximum absolute atomic E-state index is 5.75. The average Bonchev–Trinajstić information content (AvgIpc) is 2.70. The van der Waals surface area contributed by atoms with Gasteiger partial charge < -0.3 is 25.0 Å². The van der Waals surface area contributed by atoms with Gasteiger partial charge in [-0.25, -0.2) is 0 Å². The van der Waals surface area contributed by atoms with E-state index in [-0.39, 0.29) is 0 Å². The summed E-state index contributed by atoms with van der Waals surface area (Å²) in [6.07, 6.45) is 0. The molecular formula is C20H35N5O2. The first kappa shape index (κ1) is 21.3. The van der Waals surface area contributed by atoms with E-state index in [1.165, 1.54) is 0 Å². The standard InChI is InChI=1S/C20H35N5O2/c1-5-21-20(23-16-17(2)25-13-11-24(3)12-14-25)22-10-15-27-19-8-6-18(26-4)7-9-19/h6-9,17H,5,10-16H2,1-4H3,(H2,21,22,23). The van der Waals surface area contributed by atoms with Crippen LogP contribution in [0, 0.1) is 0 Å². The first-order chi connectivity index (χ1) is 13.1. The van der Waals surface area contributed by atoms with Gasteiger partial charge in [-0.3, -0.25) is 9.89 Å². The molecule has 7 nitrogen and oxygen atoms in total. The Morgan fingerprint density at radius 1 is 1.11 bits per heavy atom. The largest absolute Gasteiger partial charge is 0.497 e. The monoisotopic (exact) mass is 377 g/mol. The van der Waals surface area contributed by atoms with Gasteiger partial charge in [0.15, 0.2) is 5.96 Å². The van der Waals surface area contributed by atoms with Crippen molar-refractivity contribution in [3.8, 4) is 11.5 Å². The SMILES string of the molecule is CCNC(=NCC(C)N1CCN(C)CC1)NCCOc1ccc(OC)cc1. The van der Waals surface area contributed by atoms with Crippen LogP contribution in [0.25, 0.3) is 0 Å². The van der Waals surface area contributed by atoms with Crippen LogP contribution in [0.3, 0.4) is 0 Å². The van der Waals surface area contributed by atoms with E-state index >= 15 is 0 Å². The molecule has 1 saturated heterocycles. The molecular weight excluding hydrogens is 342 g/mol. The summed E-state index contributed by atoms with van der Waals surface area (Å²) >= 11 is 0. The number of likely N-dealkylation sites (N-methyl/N-ethyl adjacent to an activating group) is 1. The Labute approximate surface area is 163 Å². The average molecular weight is 378 g/mol. The predicted octanol–water partition coefficient (Wildman–Crippen LogP) is 1.27. The lowest BCUT2D eigenvalue weighted by Crippen LogP contribution is -2.49. The first-order valence-electron chi connectivity index (χ1n) is 9.84. The molecule has 0 radical (unpaired) electrons. The highest BCUT2D eigenvalue weighted by Gasteiger charge is 2.18. The molecule has 7 heteroatoms. The normalized spacial score (nSPS) is 17.4. The van der Waals surface area contributed by atoms with Crippen molar-refractivity contribution in [3.63, 3.8) is 0 Å². The topological polar surface area (TPSA) is 61.4 Å². The fraction of sp³-hybridized carbons (Fsp3) is 0.650. The summed E-state index contributed by atoms with van der Waals surface area (Å²) in [7, 11) is 3.84. The molecule has 2 N–H and O–H groups in total. The molecule has 27 heavy (non-hydrogen) atoms. The molecule has 1 atom stereocenters. The summed E-state index contributed by atoms with van der Waals surface area (Å²) in [5.74, 6) is 2.51. The summed E-state index contributed by atoms with van der Waals surface area (Å²) in [5, 5.41) is 6.64. The lowest BCUT2D eigenvalue weighted by atomic mass is 10.2. The Morgan fingerprint density at radius 2 is 1.78 bits per heavy atom. The van der Waals surface area contributed by atoms with Crippen molar-refractivity contribution in [1.82, 2.24) is 20.4 Å². The molecule has 152 valence electrons. The van der Waals surface area contributed by atoms with Gasteiger partial charge in [0.1, 0.15) is 18.1 Å². The number of piperazine rings is 1. The highest BCUT2D eigenvalue weighted by Crippen LogP contribution is 2.16. The summed E-state index contributed by atoms with van der Waals surface area (Å²) < 4.78 is 10.9. The van der Waals surface area contributed by atoms with Crippen LogP contribution in [0.5, 0.6) is 11.5 Å². The highest BCUT2D eigenvalue weighted by atomic mass is 16.5. The van der Waals surface area contributed by atoms with Crippen molar-refractivity contribution in [2.45, 2.75) is 19.9 Å². The van der Waals surface area contributed by atoms with Crippen LogP contribution in [0.1, 0.15) is 13.8 Å². The van der Waals surface area contributed by atoms with Gasteiger partial charge in [0.2, 0.25) is 0 Å². The molecule has 2 rings (SSSR count). The Kier molecular flexibility index (Phi) is 9.21. The zero-order chi connectivity index (χ0) is 19.5. The Morgan fingerprint density at radius 3 is 2.41 bits per heavy atom. The van der Waals surface area contributed by atoms with E-state index in [1.54, 1.807) is 7.11 Å². The molecule has 1 aromatic carbocycles. The number of nitrogens with zero attached hydrogens (tertiary/aromatic N) is 3. The molecule has 1 aliphatic rings. The van der Waals surface area contributed by atoms with Crippen LogP contribution in [0.4, 0.5) is 0 Å². The maximum Gasteiger partial charge on any atom is 0.191 e. The maximum atomic E-state index is 5.75. The summed E-state index contributed by atoms with van der Waals surface area (Å²) in [6.45, 7) is 11.7. The van der Waals surface area contributed by atoms with Gasteiger partial charge >= 0.3 is 0 Å². The number of methoxy groups -OCH3 is 1. The van der Waals surface area contributed by atoms with Crippen LogP contribution >= 0.6 is 0 Å². The van der Waals surface area contributed by atoms with Crippen LogP contribution in [0.15, 0.2) is 29.3 Å². The van der Waals surface area contributed by atoms with Crippen molar-refractivity contribution in [2.24, 2.45) is 4.99 Å². The molecule has 1 aliphatic heterocycles. The zero-order valence-electron chi connectivity index (χ0n) is 17.2. The number of benzene rings is 1. The number of ether oxygens (including phenoxy) is 2. The van der Waals surface area contributed by atoms with E-state index in [1.807, 2.05) is 24.3 Å². The molecule has 0 amide bonds. The second-order valence-electron chi connectivity index (χ2n) is 6.86. The van der Waals surface area contributed by atoms with Gasteiger partial charge in [-0.1, -0.05) is 0 Å². The van der Waals surface area contributed by atoms with E-state index in [2.05, 4.69) is 41.3 Å². The zero-order valence-corrected chi connectivity index (χ0v) is 17.2. The first-order valence-corrected chi connectivity index (χ1v) is 9.84. The molecule has 1 fully saturated rings. The number of hydrogen-bond acceptors (Lipinski definition) is 5. The smallest absolute Gasteiger partial charge is 0.191 e. The second kappa shape index (κ2) is 11.7. The summed E-state index contributed by atoms with van der Waals surface area (Å²) in [5.41, 5.74) is 0. The molecule has 0 saturated carbocycles. The minimum Gasteiger partial charge on any atom is -0.497 e. The van der Waals surface area contributed by atoms with E-state index in [0.717, 1.165) is 56.7 Å². The minimum absolute atomic E-state index is 0.449. The molecule has 1 unspecified atom stereocenters. The molecule has 0 aromatic heterocycles. The van der Waals surface area contributed by atoms with Gasteiger partial charge in [0.25, 0.3) is 0 Å². The lowest BCUT2D eigenvalue weighted by molar-refractivity contribution is 0.122. The van der Waals surface area contributed by atoms with E-state index < -0.39 is 0 Å². The fourth-order valence-electron chi connectivity index (χ4n) is 2.95. The van der Waals surface area contributed by atoms with Gasteiger partial charge in [-0.05, 0) is 45.2 Å². The molecule has 1 aromatic rings. The number of hydrogen-bond donors (Lipinski definition) is 2. The summed E-state index contributed by atoms with van der Waals surface area (Å²) in [6, 6.07) is 8.07.